The summed E-state index contributed by atoms with van der Waals surface area (Å²) in [6, 6.07) is 3.92. The van der Waals surface area contributed by atoms with E-state index in [1.165, 1.54) is 18.2 Å². The maximum Gasteiger partial charge on any atom is 0.185 e. The van der Waals surface area contributed by atoms with E-state index < -0.39 is 14.6 Å². The van der Waals surface area contributed by atoms with Crippen molar-refractivity contribution in [2.45, 2.75) is 35.8 Å². The topological polar surface area (TPSA) is 60.2 Å². The Bertz CT molecular complexity index is 530. The molecule has 1 aromatic rings. The van der Waals surface area contributed by atoms with Gasteiger partial charge in [-0.2, -0.15) is 0 Å². The van der Waals surface area contributed by atoms with Crippen LogP contribution in [0.15, 0.2) is 23.1 Å². The van der Waals surface area contributed by atoms with Gasteiger partial charge in [-0.3, -0.25) is 0 Å². The van der Waals surface area contributed by atoms with E-state index in [2.05, 4.69) is 0 Å². The minimum Gasteiger partial charge on any atom is -0.329 e. The summed E-state index contributed by atoms with van der Waals surface area (Å²) in [6.07, 6.45) is 2.08. The Balaban J connectivity index is 2.48. The second kappa shape index (κ2) is 4.07. The highest BCUT2D eigenvalue weighted by Gasteiger charge is 2.48. The molecule has 0 unspecified atom stereocenters. The van der Waals surface area contributed by atoms with Gasteiger partial charge in [-0.05, 0) is 43.5 Å². The molecular weight excluding hydrogens is 241 g/mol. The fraction of sp³-hybridized carbons (Fsp3) is 0.500. The van der Waals surface area contributed by atoms with Crippen LogP contribution in [0.25, 0.3) is 0 Å². The molecule has 0 bridgehead atoms. The molecule has 94 valence electrons. The van der Waals surface area contributed by atoms with Crippen molar-refractivity contribution in [3.8, 4) is 0 Å². The van der Waals surface area contributed by atoms with Crippen molar-refractivity contribution in [2.24, 2.45) is 5.73 Å². The smallest absolute Gasteiger partial charge is 0.185 e. The zero-order valence-corrected chi connectivity index (χ0v) is 10.6. The molecule has 1 aliphatic rings. The Kier molecular flexibility index (Phi) is 2.99. The molecule has 0 spiro atoms. The normalized spacial score (nSPS) is 18.8. The molecule has 0 heterocycles. The first-order chi connectivity index (χ1) is 7.93. The van der Waals surface area contributed by atoms with E-state index in [4.69, 9.17) is 5.73 Å². The van der Waals surface area contributed by atoms with Gasteiger partial charge in [0.25, 0.3) is 0 Å². The maximum atomic E-state index is 13.1. The molecule has 2 rings (SSSR count). The minimum atomic E-state index is -3.44. The monoisotopic (exact) mass is 257 g/mol. The summed E-state index contributed by atoms with van der Waals surface area (Å²) >= 11 is 0. The van der Waals surface area contributed by atoms with Gasteiger partial charge in [0.15, 0.2) is 9.84 Å². The molecule has 1 saturated carbocycles. The van der Waals surface area contributed by atoms with Crippen molar-refractivity contribution < 1.29 is 12.8 Å². The molecule has 0 aliphatic heterocycles. The lowest BCUT2D eigenvalue weighted by Crippen LogP contribution is -2.51. The van der Waals surface area contributed by atoms with Crippen LogP contribution in [0.3, 0.4) is 0 Å². The van der Waals surface area contributed by atoms with Crippen molar-refractivity contribution in [3.63, 3.8) is 0 Å². The molecule has 3 nitrogen and oxygen atoms in total. The molecule has 0 saturated heterocycles. The van der Waals surface area contributed by atoms with E-state index in [1.54, 1.807) is 6.92 Å². The van der Waals surface area contributed by atoms with Crippen molar-refractivity contribution in [3.05, 3.63) is 29.6 Å². The van der Waals surface area contributed by atoms with Crippen LogP contribution in [0, 0.1) is 12.7 Å². The third-order valence-electron chi connectivity index (χ3n) is 3.65. The Morgan fingerprint density at radius 3 is 2.47 bits per heavy atom. The van der Waals surface area contributed by atoms with Gasteiger partial charge in [-0.15, -0.1) is 0 Å². The number of hydrogen-bond donors (Lipinski definition) is 1. The number of nitrogens with two attached hydrogens (primary N) is 1. The Morgan fingerprint density at radius 1 is 1.41 bits per heavy atom. The summed E-state index contributed by atoms with van der Waals surface area (Å²) in [4.78, 5) is 0.182. The van der Waals surface area contributed by atoms with Crippen LogP contribution in [0.5, 0.6) is 0 Å². The number of rotatable bonds is 3. The largest absolute Gasteiger partial charge is 0.329 e. The fourth-order valence-electron chi connectivity index (χ4n) is 2.19. The first-order valence-electron chi connectivity index (χ1n) is 5.64. The third kappa shape index (κ3) is 1.77. The molecule has 1 aromatic carbocycles. The molecule has 17 heavy (non-hydrogen) atoms. The lowest BCUT2D eigenvalue weighted by Gasteiger charge is -2.39. The highest BCUT2D eigenvalue weighted by Crippen LogP contribution is 2.42. The predicted molar refractivity (Wildman–Crippen MR) is 64.0 cm³/mol. The van der Waals surface area contributed by atoms with E-state index in [9.17, 15) is 12.8 Å². The Hall–Kier alpha value is -0.940. The lowest BCUT2D eigenvalue weighted by molar-refractivity contribution is 0.344. The van der Waals surface area contributed by atoms with Crippen LogP contribution in [0.1, 0.15) is 24.8 Å². The Morgan fingerprint density at radius 2 is 2.06 bits per heavy atom. The van der Waals surface area contributed by atoms with Crippen molar-refractivity contribution >= 4 is 9.84 Å². The summed E-state index contributed by atoms with van der Waals surface area (Å²) in [7, 11) is -3.44. The third-order valence-corrected chi connectivity index (χ3v) is 6.24. The predicted octanol–water partition coefficient (Wildman–Crippen LogP) is 1.79. The Labute approximate surface area is 101 Å². The summed E-state index contributed by atoms with van der Waals surface area (Å²) in [5.41, 5.74) is 5.95. The molecular formula is C12H16FNO2S. The molecule has 1 aliphatic carbocycles. The quantitative estimate of drug-likeness (QED) is 0.840. The van der Waals surface area contributed by atoms with Crippen molar-refractivity contribution in [2.75, 3.05) is 6.54 Å². The summed E-state index contributed by atoms with van der Waals surface area (Å²) in [6.45, 7) is 1.69. The molecule has 5 heteroatoms. The highest BCUT2D eigenvalue weighted by molar-refractivity contribution is 7.93. The second-order valence-electron chi connectivity index (χ2n) is 4.66. The number of hydrogen-bond acceptors (Lipinski definition) is 3. The van der Waals surface area contributed by atoms with Crippen LogP contribution in [0.2, 0.25) is 0 Å². The number of benzene rings is 1. The van der Waals surface area contributed by atoms with Gasteiger partial charge in [0.1, 0.15) is 5.82 Å². The van der Waals surface area contributed by atoms with Gasteiger partial charge in [-0.1, -0.05) is 6.42 Å². The first-order valence-corrected chi connectivity index (χ1v) is 7.12. The van der Waals surface area contributed by atoms with E-state index in [0.29, 0.717) is 18.4 Å². The highest BCUT2D eigenvalue weighted by atomic mass is 32.2. The fourth-order valence-corrected chi connectivity index (χ4v) is 4.31. The average Bonchev–Trinajstić information content (AvgIpc) is 2.20. The molecule has 0 amide bonds. The van der Waals surface area contributed by atoms with Gasteiger partial charge in [0.05, 0.1) is 9.64 Å². The maximum absolute atomic E-state index is 13.1. The van der Waals surface area contributed by atoms with Crippen LogP contribution in [-0.2, 0) is 9.84 Å². The van der Waals surface area contributed by atoms with Crippen LogP contribution < -0.4 is 5.73 Å². The van der Waals surface area contributed by atoms with E-state index in [0.717, 1.165) is 6.42 Å². The zero-order chi connectivity index (χ0) is 12.7. The van der Waals surface area contributed by atoms with Crippen LogP contribution >= 0.6 is 0 Å². The summed E-state index contributed by atoms with van der Waals surface area (Å²) in [5, 5.41) is 0. The van der Waals surface area contributed by atoms with E-state index >= 15 is 0 Å². The summed E-state index contributed by atoms with van der Waals surface area (Å²) in [5.74, 6) is -0.389. The van der Waals surface area contributed by atoms with Gasteiger partial charge >= 0.3 is 0 Å². The van der Waals surface area contributed by atoms with Gasteiger partial charge in [0, 0.05) is 6.54 Å². The van der Waals surface area contributed by atoms with E-state index in [1.807, 2.05) is 0 Å². The van der Waals surface area contributed by atoms with Gasteiger partial charge < -0.3 is 5.73 Å². The average molecular weight is 257 g/mol. The molecule has 0 radical (unpaired) electrons. The van der Waals surface area contributed by atoms with Crippen LogP contribution in [-0.4, -0.2) is 19.7 Å². The number of aryl methyl sites for hydroxylation is 1. The first kappa shape index (κ1) is 12.5. The molecule has 0 atom stereocenters. The number of sulfone groups is 1. The molecule has 1 fully saturated rings. The van der Waals surface area contributed by atoms with Gasteiger partial charge in [0.2, 0.25) is 0 Å². The SMILES string of the molecule is Cc1cc(S(=O)(=O)C2(CN)CCC2)ccc1F. The van der Waals surface area contributed by atoms with Crippen molar-refractivity contribution in [1.82, 2.24) is 0 Å². The minimum absolute atomic E-state index is 0.131. The van der Waals surface area contributed by atoms with Gasteiger partial charge in [-0.25, -0.2) is 12.8 Å². The molecule has 0 aromatic heterocycles. The number of halogens is 1. The summed E-state index contributed by atoms with van der Waals surface area (Å²) < 4.78 is 37.2. The molecule has 2 N–H and O–H groups in total. The van der Waals surface area contributed by atoms with Crippen LogP contribution in [0.4, 0.5) is 4.39 Å². The lowest BCUT2D eigenvalue weighted by atomic mass is 9.84. The standard InChI is InChI=1S/C12H16FNO2S/c1-9-7-10(3-4-11(9)13)17(15,16)12(8-14)5-2-6-12/h3-4,7H,2,5-6,8,14H2,1H3. The second-order valence-corrected chi connectivity index (χ2v) is 7.00. The zero-order valence-electron chi connectivity index (χ0n) is 9.74. The van der Waals surface area contributed by atoms with E-state index in [-0.39, 0.29) is 17.3 Å². The van der Waals surface area contributed by atoms with Crippen molar-refractivity contribution in [1.29, 1.82) is 0 Å².